The summed E-state index contributed by atoms with van der Waals surface area (Å²) in [6.45, 7) is 0. The van der Waals surface area contributed by atoms with Crippen LogP contribution in [-0.4, -0.2) is 32.8 Å². The SMILES string of the molecule is CN(C(=O)O)c1nc2cc([S+]([O-])c3ccccc3)ccc2[nH]1. The van der Waals surface area contributed by atoms with Crippen LogP contribution in [-0.2, 0) is 11.2 Å². The Morgan fingerprint density at radius 1 is 1.23 bits per heavy atom. The smallest absolute Gasteiger partial charge is 0.413 e. The van der Waals surface area contributed by atoms with E-state index < -0.39 is 17.3 Å². The van der Waals surface area contributed by atoms with Gasteiger partial charge in [0.2, 0.25) is 5.95 Å². The van der Waals surface area contributed by atoms with Crippen molar-refractivity contribution >= 4 is 34.3 Å². The second kappa shape index (κ2) is 5.70. The average molecular weight is 315 g/mol. The fourth-order valence-corrected chi connectivity index (χ4v) is 3.10. The van der Waals surface area contributed by atoms with Gasteiger partial charge in [0, 0.05) is 24.3 Å². The van der Waals surface area contributed by atoms with E-state index in [1.807, 2.05) is 18.2 Å². The van der Waals surface area contributed by atoms with Crippen molar-refractivity contribution in [2.24, 2.45) is 0 Å². The number of aromatic nitrogens is 2. The van der Waals surface area contributed by atoms with Gasteiger partial charge < -0.3 is 14.6 Å². The van der Waals surface area contributed by atoms with Crippen LogP contribution in [0.5, 0.6) is 0 Å². The summed E-state index contributed by atoms with van der Waals surface area (Å²) >= 11 is -1.30. The number of amides is 1. The zero-order chi connectivity index (χ0) is 15.7. The van der Waals surface area contributed by atoms with E-state index in [-0.39, 0.29) is 5.95 Å². The zero-order valence-corrected chi connectivity index (χ0v) is 12.5. The molecule has 0 aliphatic rings. The Morgan fingerprint density at radius 3 is 2.64 bits per heavy atom. The average Bonchev–Trinajstić information content (AvgIpc) is 2.97. The minimum Gasteiger partial charge on any atom is -0.606 e. The molecular weight excluding hydrogens is 302 g/mol. The lowest BCUT2D eigenvalue weighted by atomic mass is 10.3. The van der Waals surface area contributed by atoms with Gasteiger partial charge in [-0.15, -0.1) is 0 Å². The molecule has 1 aromatic heterocycles. The number of hydrogen-bond acceptors (Lipinski definition) is 3. The van der Waals surface area contributed by atoms with Crippen LogP contribution < -0.4 is 4.90 Å². The van der Waals surface area contributed by atoms with Gasteiger partial charge in [0.15, 0.2) is 9.79 Å². The first-order chi connectivity index (χ1) is 10.6. The monoisotopic (exact) mass is 315 g/mol. The Balaban J connectivity index is 1.98. The highest BCUT2D eigenvalue weighted by molar-refractivity contribution is 7.91. The summed E-state index contributed by atoms with van der Waals surface area (Å²) in [5.41, 5.74) is 1.27. The minimum atomic E-state index is -1.30. The molecule has 0 aliphatic carbocycles. The molecule has 1 heterocycles. The van der Waals surface area contributed by atoms with Crippen molar-refractivity contribution in [3.63, 3.8) is 0 Å². The quantitative estimate of drug-likeness (QED) is 0.727. The molecule has 2 aromatic carbocycles. The minimum absolute atomic E-state index is 0.227. The van der Waals surface area contributed by atoms with Crippen molar-refractivity contribution in [1.29, 1.82) is 0 Å². The van der Waals surface area contributed by atoms with Gasteiger partial charge in [-0.25, -0.2) is 9.78 Å². The number of imidazole rings is 1. The number of benzene rings is 2. The first-order valence-corrected chi connectivity index (χ1v) is 7.64. The van der Waals surface area contributed by atoms with Crippen molar-refractivity contribution in [1.82, 2.24) is 9.97 Å². The van der Waals surface area contributed by atoms with Crippen LogP contribution in [0.3, 0.4) is 0 Å². The molecule has 7 heteroatoms. The van der Waals surface area contributed by atoms with Crippen LogP contribution in [0.15, 0.2) is 58.3 Å². The fourth-order valence-electron chi connectivity index (χ4n) is 2.02. The molecule has 1 unspecified atom stereocenters. The van der Waals surface area contributed by atoms with E-state index in [4.69, 9.17) is 5.11 Å². The third-order valence-corrected chi connectivity index (χ3v) is 4.60. The first kappa shape index (κ1) is 14.4. The summed E-state index contributed by atoms with van der Waals surface area (Å²) in [4.78, 5) is 20.4. The van der Waals surface area contributed by atoms with Crippen molar-refractivity contribution in [2.45, 2.75) is 9.79 Å². The maximum Gasteiger partial charge on any atom is 0.413 e. The summed E-state index contributed by atoms with van der Waals surface area (Å²) < 4.78 is 12.5. The number of rotatable bonds is 3. The molecule has 0 bridgehead atoms. The molecule has 3 aromatic rings. The van der Waals surface area contributed by atoms with Crippen LogP contribution in [0.25, 0.3) is 11.0 Å². The van der Waals surface area contributed by atoms with E-state index in [1.165, 1.54) is 7.05 Å². The standard InChI is InChI=1S/C15H13N3O3S/c1-18(15(19)20)14-16-12-8-7-11(9-13(12)17-14)22(21)10-5-3-2-4-6-10/h2-9H,1H3,(H,16,17)(H,19,20). The van der Waals surface area contributed by atoms with E-state index in [1.54, 1.807) is 30.3 Å². The molecule has 112 valence electrons. The molecular formula is C15H13N3O3S. The predicted octanol–water partition coefficient (Wildman–Crippen LogP) is 2.84. The number of aromatic amines is 1. The second-order valence-electron chi connectivity index (χ2n) is 4.66. The molecule has 0 saturated heterocycles. The number of anilines is 1. The normalized spacial score (nSPS) is 12.3. The van der Waals surface area contributed by atoms with Crippen molar-refractivity contribution < 1.29 is 14.5 Å². The number of H-pyrrole nitrogens is 1. The molecule has 22 heavy (non-hydrogen) atoms. The number of fused-ring (bicyclic) bond motifs is 1. The van der Waals surface area contributed by atoms with E-state index in [2.05, 4.69) is 9.97 Å². The van der Waals surface area contributed by atoms with Gasteiger partial charge in [-0.1, -0.05) is 18.2 Å². The first-order valence-electron chi connectivity index (χ1n) is 6.49. The molecule has 0 radical (unpaired) electrons. The van der Waals surface area contributed by atoms with E-state index in [0.29, 0.717) is 20.8 Å². The highest BCUT2D eigenvalue weighted by Gasteiger charge is 2.18. The molecule has 1 atom stereocenters. The predicted molar refractivity (Wildman–Crippen MR) is 83.6 cm³/mol. The lowest BCUT2D eigenvalue weighted by Gasteiger charge is -2.09. The fraction of sp³-hybridized carbons (Fsp3) is 0.0667. The largest absolute Gasteiger partial charge is 0.606 e. The highest BCUT2D eigenvalue weighted by Crippen LogP contribution is 2.25. The van der Waals surface area contributed by atoms with Crippen molar-refractivity contribution in [3.05, 3.63) is 48.5 Å². The summed E-state index contributed by atoms with van der Waals surface area (Å²) in [7, 11) is 1.41. The number of hydrogen-bond donors (Lipinski definition) is 2. The lowest BCUT2D eigenvalue weighted by Crippen LogP contribution is -2.24. The third kappa shape index (κ3) is 2.63. The Labute approximate surface area is 129 Å². The number of nitrogens with one attached hydrogen (secondary N) is 1. The lowest BCUT2D eigenvalue weighted by molar-refractivity contribution is 0.203. The Bertz CT molecular complexity index is 819. The van der Waals surface area contributed by atoms with Crippen LogP contribution >= 0.6 is 0 Å². The zero-order valence-electron chi connectivity index (χ0n) is 11.7. The van der Waals surface area contributed by atoms with Gasteiger partial charge in [0.1, 0.15) is 0 Å². The molecule has 1 amide bonds. The van der Waals surface area contributed by atoms with Crippen LogP contribution in [0.4, 0.5) is 10.7 Å². The molecule has 0 spiro atoms. The molecule has 3 rings (SSSR count). The van der Waals surface area contributed by atoms with Crippen molar-refractivity contribution in [3.8, 4) is 0 Å². The van der Waals surface area contributed by atoms with E-state index >= 15 is 0 Å². The Hall–Kier alpha value is -2.51. The van der Waals surface area contributed by atoms with Crippen molar-refractivity contribution in [2.75, 3.05) is 11.9 Å². The third-order valence-electron chi connectivity index (χ3n) is 3.22. The number of carboxylic acid groups (broad SMARTS) is 1. The van der Waals surface area contributed by atoms with Crippen LogP contribution in [0.1, 0.15) is 0 Å². The van der Waals surface area contributed by atoms with Gasteiger partial charge in [0.25, 0.3) is 0 Å². The van der Waals surface area contributed by atoms with E-state index in [9.17, 15) is 9.35 Å². The van der Waals surface area contributed by atoms with E-state index in [0.717, 1.165) is 4.90 Å². The highest BCUT2D eigenvalue weighted by atomic mass is 32.2. The maximum atomic E-state index is 12.5. The topological polar surface area (TPSA) is 92.3 Å². The van der Waals surface area contributed by atoms with Gasteiger partial charge in [0.05, 0.1) is 11.0 Å². The summed E-state index contributed by atoms with van der Waals surface area (Å²) in [6.07, 6.45) is -1.10. The van der Waals surface area contributed by atoms with Gasteiger partial charge in [-0.3, -0.25) is 4.90 Å². The molecule has 2 N–H and O–H groups in total. The summed E-state index contributed by atoms with van der Waals surface area (Å²) in [6, 6.07) is 14.3. The number of carbonyl (C=O) groups is 1. The molecule has 0 saturated carbocycles. The molecule has 0 fully saturated rings. The molecule has 0 aliphatic heterocycles. The number of nitrogens with zero attached hydrogens (tertiary/aromatic N) is 2. The van der Waals surface area contributed by atoms with Crippen LogP contribution in [0, 0.1) is 0 Å². The van der Waals surface area contributed by atoms with Crippen LogP contribution in [0.2, 0.25) is 0 Å². The second-order valence-corrected chi connectivity index (χ2v) is 6.14. The Morgan fingerprint density at radius 2 is 1.95 bits per heavy atom. The Kier molecular flexibility index (Phi) is 3.74. The maximum absolute atomic E-state index is 12.5. The van der Waals surface area contributed by atoms with Gasteiger partial charge in [-0.2, -0.15) is 0 Å². The van der Waals surface area contributed by atoms with Gasteiger partial charge in [-0.05, 0) is 24.3 Å². The van der Waals surface area contributed by atoms with Gasteiger partial charge >= 0.3 is 6.09 Å². The summed E-state index contributed by atoms with van der Waals surface area (Å²) in [5, 5.41) is 8.97. The summed E-state index contributed by atoms with van der Waals surface area (Å²) in [5.74, 6) is 0.227. The molecule has 6 nitrogen and oxygen atoms in total.